The molecule has 1 fully saturated rings. The summed E-state index contributed by atoms with van der Waals surface area (Å²) in [7, 11) is 0. The van der Waals surface area contributed by atoms with Gasteiger partial charge >= 0.3 is 6.09 Å². The number of rotatable bonds is 3. The zero-order chi connectivity index (χ0) is 19.0. The number of fused-ring (bicyclic) bond motifs is 1. The summed E-state index contributed by atoms with van der Waals surface area (Å²) in [6.07, 6.45) is -1.08. The van der Waals surface area contributed by atoms with E-state index in [1.807, 2.05) is 6.07 Å². The number of nitrogens with one attached hydrogen (secondary N) is 2. The highest BCUT2D eigenvalue weighted by Gasteiger charge is 2.26. The second-order valence-corrected chi connectivity index (χ2v) is 7.19. The monoisotopic (exact) mass is 360 g/mol. The number of aromatic nitrogens is 1. The molecule has 3 atom stereocenters. The number of amides is 1. The standard InChI is InChI=1S/C19H25FN4O2/c1-10-8-24(9-11(2)21-10)18-15(13(4)22-19(25)26)7-14-5-6-16(20)12(3)17(14)23-18/h5-7,10-11,13,21-22H,8-9H2,1-4H3,(H,25,26)/t10-,11+,13?. The van der Waals surface area contributed by atoms with Crippen LogP contribution in [0.25, 0.3) is 10.9 Å². The SMILES string of the molecule is Cc1c(F)ccc2cc(C(C)NC(=O)O)c(N3C[C@@H](C)N[C@@H](C)C3)nc12. The lowest BCUT2D eigenvalue weighted by Gasteiger charge is -2.38. The van der Waals surface area contributed by atoms with Crippen molar-refractivity contribution in [2.45, 2.75) is 45.8 Å². The Hall–Kier alpha value is -2.41. The molecule has 6 nitrogen and oxygen atoms in total. The van der Waals surface area contributed by atoms with Crippen LogP contribution in [0.4, 0.5) is 15.0 Å². The topological polar surface area (TPSA) is 77.5 Å². The number of piperazine rings is 1. The zero-order valence-corrected chi connectivity index (χ0v) is 15.5. The van der Waals surface area contributed by atoms with E-state index in [4.69, 9.17) is 10.1 Å². The average molecular weight is 360 g/mol. The number of halogens is 1. The molecule has 1 unspecified atom stereocenters. The molecule has 2 aromatic rings. The van der Waals surface area contributed by atoms with Crippen LogP contribution >= 0.6 is 0 Å². The third-order valence-electron chi connectivity index (χ3n) is 4.85. The third-order valence-corrected chi connectivity index (χ3v) is 4.85. The van der Waals surface area contributed by atoms with Gasteiger partial charge in [0.1, 0.15) is 11.6 Å². The van der Waals surface area contributed by atoms with E-state index >= 15 is 0 Å². The quantitative estimate of drug-likeness (QED) is 0.784. The molecular weight excluding hydrogens is 335 g/mol. The first-order valence-electron chi connectivity index (χ1n) is 8.86. The van der Waals surface area contributed by atoms with Gasteiger partial charge in [0.2, 0.25) is 0 Å². The molecule has 0 bridgehead atoms. The minimum atomic E-state index is -1.08. The van der Waals surface area contributed by atoms with Crippen molar-refractivity contribution < 1.29 is 14.3 Å². The molecule has 3 rings (SSSR count). The highest BCUT2D eigenvalue weighted by Crippen LogP contribution is 2.31. The predicted octanol–water partition coefficient (Wildman–Crippen LogP) is 3.20. The lowest BCUT2D eigenvalue weighted by molar-refractivity contribution is 0.191. The molecule has 7 heteroatoms. The number of nitrogens with zero attached hydrogens (tertiary/aromatic N) is 2. The minimum Gasteiger partial charge on any atom is -0.465 e. The Morgan fingerprint density at radius 3 is 2.65 bits per heavy atom. The summed E-state index contributed by atoms with van der Waals surface area (Å²) in [5, 5.41) is 15.9. The number of anilines is 1. The van der Waals surface area contributed by atoms with Crippen LogP contribution in [0, 0.1) is 12.7 Å². The second-order valence-electron chi connectivity index (χ2n) is 7.19. The maximum atomic E-state index is 14.0. The number of hydrogen-bond donors (Lipinski definition) is 3. The first-order valence-corrected chi connectivity index (χ1v) is 8.86. The summed E-state index contributed by atoms with van der Waals surface area (Å²) in [6, 6.07) is 5.16. The molecule has 1 aliphatic heterocycles. The Morgan fingerprint density at radius 2 is 2.04 bits per heavy atom. The zero-order valence-electron chi connectivity index (χ0n) is 15.5. The minimum absolute atomic E-state index is 0.278. The molecule has 0 saturated carbocycles. The summed E-state index contributed by atoms with van der Waals surface area (Å²) in [5.41, 5.74) is 1.92. The fourth-order valence-electron chi connectivity index (χ4n) is 3.70. The summed E-state index contributed by atoms with van der Waals surface area (Å²) in [5.74, 6) is 0.426. The van der Waals surface area contributed by atoms with Crippen LogP contribution in [0.3, 0.4) is 0 Å². The number of hydrogen-bond acceptors (Lipinski definition) is 4. The average Bonchev–Trinajstić information content (AvgIpc) is 2.56. The number of pyridine rings is 1. The van der Waals surface area contributed by atoms with Crippen molar-refractivity contribution in [2.75, 3.05) is 18.0 Å². The number of benzene rings is 1. The Balaban J connectivity index is 2.15. The first-order chi connectivity index (χ1) is 12.3. The second kappa shape index (κ2) is 7.07. The fraction of sp³-hybridized carbons (Fsp3) is 0.474. The largest absolute Gasteiger partial charge is 0.465 e. The molecule has 1 aliphatic rings. The molecule has 1 saturated heterocycles. The molecule has 1 aromatic heterocycles. The maximum Gasteiger partial charge on any atom is 0.405 e. The van der Waals surface area contributed by atoms with Gasteiger partial charge in [0, 0.05) is 41.7 Å². The Morgan fingerprint density at radius 1 is 1.38 bits per heavy atom. The highest BCUT2D eigenvalue weighted by atomic mass is 19.1. The third kappa shape index (κ3) is 3.58. The summed E-state index contributed by atoms with van der Waals surface area (Å²) in [4.78, 5) is 18.1. The van der Waals surface area contributed by atoms with Crippen molar-refractivity contribution in [1.82, 2.24) is 15.6 Å². The maximum absolute atomic E-state index is 14.0. The van der Waals surface area contributed by atoms with Gasteiger partial charge in [-0.05, 0) is 45.9 Å². The van der Waals surface area contributed by atoms with Crippen LogP contribution < -0.4 is 15.5 Å². The van der Waals surface area contributed by atoms with Gasteiger partial charge < -0.3 is 20.6 Å². The van der Waals surface area contributed by atoms with E-state index in [2.05, 4.69) is 29.4 Å². The Bertz CT molecular complexity index is 832. The van der Waals surface area contributed by atoms with Crippen LogP contribution in [0.1, 0.15) is 37.9 Å². The number of aryl methyl sites for hydroxylation is 1. The van der Waals surface area contributed by atoms with Crippen molar-refractivity contribution in [3.05, 3.63) is 35.1 Å². The van der Waals surface area contributed by atoms with Crippen molar-refractivity contribution in [2.24, 2.45) is 0 Å². The van der Waals surface area contributed by atoms with Gasteiger partial charge in [-0.15, -0.1) is 0 Å². The molecule has 1 aromatic carbocycles. The van der Waals surface area contributed by atoms with Crippen molar-refractivity contribution in [3.63, 3.8) is 0 Å². The van der Waals surface area contributed by atoms with Crippen LogP contribution in [0.5, 0.6) is 0 Å². The summed E-state index contributed by atoms with van der Waals surface area (Å²) in [6.45, 7) is 9.23. The van der Waals surface area contributed by atoms with Crippen LogP contribution in [0.2, 0.25) is 0 Å². The van der Waals surface area contributed by atoms with Crippen LogP contribution in [-0.2, 0) is 0 Å². The predicted molar refractivity (Wildman–Crippen MR) is 100 cm³/mol. The van der Waals surface area contributed by atoms with E-state index < -0.39 is 12.1 Å². The van der Waals surface area contributed by atoms with Gasteiger partial charge in [-0.1, -0.05) is 0 Å². The fourth-order valence-corrected chi connectivity index (χ4v) is 3.70. The Kier molecular flexibility index (Phi) is 5.00. The van der Waals surface area contributed by atoms with Gasteiger partial charge in [0.05, 0.1) is 11.6 Å². The Labute approximate surface area is 152 Å². The molecule has 3 N–H and O–H groups in total. The highest BCUT2D eigenvalue weighted by molar-refractivity contribution is 5.85. The molecular formula is C19H25FN4O2. The molecule has 26 heavy (non-hydrogen) atoms. The van der Waals surface area contributed by atoms with Gasteiger partial charge in [-0.25, -0.2) is 14.2 Å². The molecule has 0 aliphatic carbocycles. The van der Waals surface area contributed by atoms with Crippen LogP contribution in [0.15, 0.2) is 18.2 Å². The van der Waals surface area contributed by atoms with Gasteiger partial charge in [0.15, 0.2) is 0 Å². The van der Waals surface area contributed by atoms with E-state index in [0.717, 1.165) is 24.0 Å². The normalized spacial score (nSPS) is 21.7. The number of carboxylic acid groups (broad SMARTS) is 1. The van der Waals surface area contributed by atoms with Crippen molar-refractivity contribution in [1.29, 1.82) is 0 Å². The lowest BCUT2D eigenvalue weighted by atomic mass is 10.0. The lowest BCUT2D eigenvalue weighted by Crippen LogP contribution is -2.54. The van der Waals surface area contributed by atoms with E-state index in [9.17, 15) is 9.18 Å². The molecule has 0 spiro atoms. The van der Waals surface area contributed by atoms with Crippen molar-refractivity contribution in [3.8, 4) is 0 Å². The smallest absolute Gasteiger partial charge is 0.405 e. The van der Waals surface area contributed by atoms with Gasteiger partial charge in [-0.3, -0.25) is 0 Å². The summed E-state index contributed by atoms with van der Waals surface area (Å²) >= 11 is 0. The molecule has 140 valence electrons. The van der Waals surface area contributed by atoms with E-state index in [1.165, 1.54) is 6.07 Å². The first kappa shape index (κ1) is 18.4. The van der Waals surface area contributed by atoms with Gasteiger partial charge in [0.25, 0.3) is 0 Å². The molecule has 1 amide bonds. The summed E-state index contributed by atoms with van der Waals surface area (Å²) < 4.78 is 14.0. The van der Waals surface area contributed by atoms with E-state index in [1.54, 1.807) is 19.9 Å². The van der Waals surface area contributed by atoms with E-state index in [-0.39, 0.29) is 17.9 Å². The van der Waals surface area contributed by atoms with E-state index in [0.29, 0.717) is 16.9 Å². The molecule has 0 radical (unpaired) electrons. The van der Waals surface area contributed by atoms with Crippen LogP contribution in [-0.4, -0.2) is 41.4 Å². The molecule has 2 heterocycles. The number of carbonyl (C=O) groups is 1. The van der Waals surface area contributed by atoms with Gasteiger partial charge in [-0.2, -0.15) is 0 Å². The van der Waals surface area contributed by atoms with Crippen molar-refractivity contribution >= 4 is 22.8 Å².